The highest BCUT2D eigenvalue weighted by atomic mass is 32.1. The Morgan fingerprint density at radius 2 is 1.71 bits per heavy atom. The van der Waals surface area contributed by atoms with Gasteiger partial charge in [-0.05, 0) is 36.8 Å². The minimum absolute atomic E-state index is 0.216. The molecule has 2 aromatic carbocycles. The lowest BCUT2D eigenvalue weighted by Crippen LogP contribution is -2.14. The van der Waals surface area contributed by atoms with Crippen molar-refractivity contribution in [3.05, 3.63) is 101 Å². The Bertz CT molecular complexity index is 1240. The summed E-state index contributed by atoms with van der Waals surface area (Å²) in [5.41, 5.74) is 9.90. The summed E-state index contributed by atoms with van der Waals surface area (Å²) >= 11 is 5.65. The van der Waals surface area contributed by atoms with Crippen molar-refractivity contribution in [1.82, 2.24) is 9.97 Å². The molecule has 0 aliphatic heterocycles. The summed E-state index contributed by atoms with van der Waals surface area (Å²) in [5.74, 6) is 0.902. The number of thiocarbonyl (C=S) groups is 1. The van der Waals surface area contributed by atoms with Crippen LogP contribution in [0.2, 0.25) is 0 Å². The van der Waals surface area contributed by atoms with Gasteiger partial charge in [-0.1, -0.05) is 60.7 Å². The van der Waals surface area contributed by atoms with Crippen molar-refractivity contribution in [3.8, 4) is 0 Å². The van der Waals surface area contributed by atoms with Crippen LogP contribution in [0.15, 0.2) is 79.0 Å². The highest BCUT2D eigenvalue weighted by Gasteiger charge is 2.24. The number of aromatic amines is 1. The Hall–Kier alpha value is -3.97. The highest BCUT2D eigenvalue weighted by Crippen LogP contribution is 2.31. The topological polar surface area (TPSA) is 95.8 Å². The Balaban J connectivity index is 1.76. The van der Waals surface area contributed by atoms with E-state index in [1.807, 2.05) is 67.6 Å². The number of anilines is 4. The second-order valence-electron chi connectivity index (χ2n) is 7.02. The van der Waals surface area contributed by atoms with Crippen LogP contribution in [0.5, 0.6) is 0 Å². The van der Waals surface area contributed by atoms with E-state index < -0.39 is 0 Å². The van der Waals surface area contributed by atoms with Crippen molar-refractivity contribution < 1.29 is 4.79 Å². The normalized spacial score (nSPS) is 10.5. The molecule has 0 amide bonds. The number of nitrogens with one attached hydrogen (secondary N) is 3. The Morgan fingerprint density at radius 1 is 1.03 bits per heavy atom. The fraction of sp³-hybridized carbons (Fsp3) is 0.0417. The van der Waals surface area contributed by atoms with Crippen LogP contribution in [0.1, 0.15) is 27.2 Å². The van der Waals surface area contributed by atoms with Gasteiger partial charge in [0.25, 0.3) is 0 Å². The molecular weight excluding hydrogens is 406 g/mol. The van der Waals surface area contributed by atoms with Crippen LogP contribution >= 0.6 is 12.2 Å². The van der Waals surface area contributed by atoms with Crippen molar-refractivity contribution in [2.45, 2.75) is 6.92 Å². The molecule has 0 atom stereocenters. The molecule has 0 aliphatic carbocycles. The van der Waals surface area contributed by atoms with E-state index in [0.29, 0.717) is 27.8 Å². The monoisotopic (exact) mass is 427 g/mol. The van der Waals surface area contributed by atoms with Gasteiger partial charge in [0.1, 0.15) is 22.3 Å². The van der Waals surface area contributed by atoms with Crippen molar-refractivity contribution in [2.75, 3.05) is 16.4 Å². The molecule has 0 unspecified atom stereocenters. The number of carbonyl (C=O) groups excluding carboxylic acids is 1. The molecule has 5 N–H and O–H groups in total. The van der Waals surface area contributed by atoms with Crippen molar-refractivity contribution >= 4 is 46.0 Å². The van der Waals surface area contributed by atoms with Gasteiger partial charge in [-0.3, -0.25) is 4.79 Å². The second-order valence-corrected chi connectivity index (χ2v) is 7.43. The largest absolute Gasteiger partial charge is 0.396 e. The molecule has 154 valence electrons. The smallest absolute Gasteiger partial charge is 0.211 e. The molecule has 2 heterocycles. The number of hydrogen-bond acceptors (Lipinski definition) is 5. The second kappa shape index (κ2) is 8.81. The fourth-order valence-electron chi connectivity index (χ4n) is 3.20. The molecule has 0 aliphatic rings. The number of aromatic nitrogens is 2. The molecule has 4 aromatic rings. The minimum Gasteiger partial charge on any atom is -0.396 e. The SMILES string of the molecule is Cc1ccnc(Nc2[nH]c(C(=O)c3ccccc3)c(N)c2C(=S)Nc2ccccc2)c1. The number of nitrogen functional groups attached to an aromatic ring is 1. The third kappa shape index (κ3) is 4.46. The van der Waals surface area contributed by atoms with E-state index in [1.54, 1.807) is 18.3 Å². The third-order valence-electron chi connectivity index (χ3n) is 4.73. The van der Waals surface area contributed by atoms with Crippen molar-refractivity contribution in [2.24, 2.45) is 0 Å². The summed E-state index contributed by atoms with van der Waals surface area (Å²) in [4.78, 5) is 21.0. The Morgan fingerprint density at radius 3 is 2.39 bits per heavy atom. The number of nitrogens with zero attached hydrogens (tertiary/aromatic N) is 1. The van der Waals surface area contributed by atoms with Crippen LogP contribution in [0.3, 0.4) is 0 Å². The first-order chi connectivity index (χ1) is 15.0. The van der Waals surface area contributed by atoms with Crippen LogP contribution in [0, 0.1) is 6.92 Å². The number of rotatable bonds is 6. The lowest BCUT2D eigenvalue weighted by atomic mass is 10.1. The van der Waals surface area contributed by atoms with Gasteiger partial charge in [0.15, 0.2) is 0 Å². The molecule has 0 fully saturated rings. The van der Waals surface area contributed by atoms with Crippen LogP contribution in [-0.4, -0.2) is 20.7 Å². The van der Waals surface area contributed by atoms with Crippen LogP contribution in [0.4, 0.5) is 23.0 Å². The van der Waals surface area contributed by atoms with Gasteiger partial charge < -0.3 is 21.4 Å². The van der Waals surface area contributed by atoms with Gasteiger partial charge in [0.05, 0.1) is 11.3 Å². The molecule has 0 saturated heterocycles. The zero-order chi connectivity index (χ0) is 21.8. The van der Waals surface area contributed by atoms with Gasteiger partial charge in [-0.2, -0.15) is 0 Å². The number of H-pyrrole nitrogens is 1. The van der Waals surface area contributed by atoms with Crippen LogP contribution < -0.4 is 16.4 Å². The first-order valence-corrected chi connectivity index (χ1v) is 10.1. The summed E-state index contributed by atoms with van der Waals surface area (Å²) in [6, 6.07) is 22.3. The molecule has 4 rings (SSSR count). The van der Waals surface area contributed by atoms with E-state index in [1.165, 1.54) is 0 Å². The summed E-state index contributed by atoms with van der Waals surface area (Å²) in [5, 5.41) is 6.41. The number of nitrogens with two attached hydrogens (primary N) is 1. The van der Waals surface area contributed by atoms with E-state index in [2.05, 4.69) is 20.6 Å². The van der Waals surface area contributed by atoms with E-state index in [-0.39, 0.29) is 17.2 Å². The molecule has 7 heteroatoms. The number of ketones is 1. The zero-order valence-corrected chi connectivity index (χ0v) is 17.7. The lowest BCUT2D eigenvalue weighted by Gasteiger charge is -2.11. The summed E-state index contributed by atoms with van der Waals surface area (Å²) < 4.78 is 0. The van der Waals surface area contributed by atoms with E-state index in [4.69, 9.17) is 18.0 Å². The maximum atomic E-state index is 13.1. The highest BCUT2D eigenvalue weighted by molar-refractivity contribution is 7.81. The van der Waals surface area contributed by atoms with Gasteiger partial charge >= 0.3 is 0 Å². The lowest BCUT2D eigenvalue weighted by molar-refractivity contribution is 0.103. The predicted molar refractivity (Wildman–Crippen MR) is 129 cm³/mol. The van der Waals surface area contributed by atoms with Gasteiger partial charge in [-0.25, -0.2) is 4.98 Å². The molecule has 31 heavy (non-hydrogen) atoms. The Kier molecular flexibility index (Phi) is 5.77. The van der Waals surface area contributed by atoms with E-state index >= 15 is 0 Å². The summed E-state index contributed by atoms with van der Waals surface area (Å²) in [7, 11) is 0. The van der Waals surface area contributed by atoms with Crippen LogP contribution in [-0.2, 0) is 0 Å². The average Bonchev–Trinajstić information content (AvgIpc) is 3.10. The molecule has 0 radical (unpaired) electrons. The molecule has 2 aromatic heterocycles. The molecule has 0 saturated carbocycles. The van der Waals surface area contributed by atoms with Gasteiger partial charge in [-0.15, -0.1) is 0 Å². The minimum atomic E-state index is -0.216. The number of hydrogen-bond donors (Lipinski definition) is 4. The van der Waals surface area contributed by atoms with Crippen LogP contribution in [0.25, 0.3) is 0 Å². The molecule has 0 spiro atoms. The number of pyridine rings is 1. The van der Waals surface area contributed by atoms with Gasteiger partial charge in [0, 0.05) is 17.4 Å². The maximum absolute atomic E-state index is 13.1. The van der Waals surface area contributed by atoms with Crippen molar-refractivity contribution in [1.29, 1.82) is 0 Å². The number of aryl methyl sites for hydroxylation is 1. The third-order valence-corrected chi connectivity index (χ3v) is 5.04. The van der Waals surface area contributed by atoms with Gasteiger partial charge in [0.2, 0.25) is 5.78 Å². The molecule has 6 nitrogen and oxygen atoms in total. The first-order valence-electron chi connectivity index (χ1n) is 9.70. The zero-order valence-electron chi connectivity index (χ0n) is 16.8. The maximum Gasteiger partial charge on any atom is 0.211 e. The quantitative estimate of drug-likeness (QED) is 0.254. The average molecular weight is 428 g/mol. The Labute approximate surface area is 185 Å². The van der Waals surface area contributed by atoms with E-state index in [0.717, 1.165) is 11.3 Å². The predicted octanol–water partition coefficient (Wildman–Crippen LogP) is 5.06. The summed E-state index contributed by atoms with van der Waals surface area (Å²) in [6.07, 6.45) is 1.71. The number of carbonyl (C=O) groups is 1. The first kappa shape index (κ1) is 20.3. The standard InChI is InChI=1S/C24H21N5OS/c1-15-12-13-26-18(14-15)28-23-19(24(31)27-17-10-6-3-7-11-17)20(25)21(29-23)22(30)16-8-4-2-5-9-16/h2-14,29H,25H2,1H3,(H,26,28)(H,27,31). The summed E-state index contributed by atoms with van der Waals surface area (Å²) in [6.45, 7) is 1.97. The molecule has 0 bridgehead atoms. The molecular formula is C24H21N5OS. The fourth-order valence-corrected chi connectivity index (χ4v) is 3.53. The number of para-hydroxylation sites is 1. The number of benzene rings is 2. The van der Waals surface area contributed by atoms with Crippen molar-refractivity contribution in [3.63, 3.8) is 0 Å². The van der Waals surface area contributed by atoms with E-state index in [9.17, 15) is 4.79 Å².